The molecule has 48 heavy (non-hydrogen) atoms. The molecule has 282 valence electrons. The van der Waals surface area contributed by atoms with E-state index >= 15 is 0 Å². The summed E-state index contributed by atoms with van der Waals surface area (Å²) in [5, 5.41) is 7.57. The first-order chi connectivity index (χ1) is 23.7. The molecule has 0 aliphatic carbocycles. The molecule has 0 bridgehead atoms. The quantitative estimate of drug-likeness (QED) is 0.0688. The molecule has 1 aromatic heterocycles. The Labute approximate surface area is 302 Å². The molecule has 2 N–H and O–H groups in total. The smallest absolute Gasteiger partial charge is 0.128 e. The molecule has 0 aromatic carbocycles. The zero-order valence-corrected chi connectivity index (χ0v) is 33.4. The van der Waals surface area contributed by atoms with Crippen LogP contribution in [0.2, 0.25) is 0 Å². The van der Waals surface area contributed by atoms with E-state index in [1.54, 1.807) is 0 Å². The van der Waals surface area contributed by atoms with Crippen LogP contribution >= 0.6 is 0 Å². The number of hydrogen-bond donors (Lipinski definition) is 2. The number of unbranched alkanes of at least 4 members (excludes halogenated alkanes) is 24. The fourth-order valence-electron chi connectivity index (χ4n) is 7.39. The second-order valence-electron chi connectivity index (χ2n) is 15.5. The highest BCUT2D eigenvalue weighted by Gasteiger charge is 2.12. The maximum atomic E-state index is 5.05. The van der Waals surface area contributed by atoms with Gasteiger partial charge in [-0.2, -0.15) is 0 Å². The Morgan fingerprint density at radius 1 is 0.375 bits per heavy atom. The van der Waals surface area contributed by atoms with Crippen LogP contribution in [0, 0.1) is 11.8 Å². The van der Waals surface area contributed by atoms with Crippen LogP contribution in [-0.4, -0.2) is 18.1 Å². The van der Waals surface area contributed by atoms with E-state index in [0.717, 1.165) is 36.6 Å². The second kappa shape index (κ2) is 35.6. The Hall–Kier alpha value is -1.25. The van der Waals surface area contributed by atoms with Gasteiger partial charge < -0.3 is 10.6 Å². The van der Waals surface area contributed by atoms with Crippen molar-refractivity contribution >= 4 is 11.6 Å². The first kappa shape index (κ1) is 44.8. The average Bonchev–Trinajstić information content (AvgIpc) is 3.10. The predicted molar refractivity (Wildman–Crippen MR) is 219 cm³/mol. The Kier molecular flexibility index (Phi) is 33.2. The van der Waals surface area contributed by atoms with Gasteiger partial charge in [0.05, 0.1) is 0 Å². The maximum Gasteiger partial charge on any atom is 0.128 e. The summed E-state index contributed by atoms with van der Waals surface area (Å²) in [7, 11) is 0. The van der Waals surface area contributed by atoms with E-state index < -0.39 is 0 Å². The fraction of sp³-hybridized carbons (Fsp3) is 0.889. The Morgan fingerprint density at radius 3 is 0.896 bits per heavy atom. The molecule has 2 atom stereocenters. The zero-order valence-electron chi connectivity index (χ0n) is 33.4. The van der Waals surface area contributed by atoms with Gasteiger partial charge in [-0.25, -0.2) is 4.98 Å². The van der Waals surface area contributed by atoms with Crippen LogP contribution in [0.15, 0.2) is 18.2 Å². The largest absolute Gasteiger partial charge is 0.370 e. The van der Waals surface area contributed by atoms with E-state index in [2.05, 4.69) is 56.5 Å². The Balaban J connectivity index is 2.56. The molecule has 3 nitrogen and oxygen atoms in total. The normalized spacial score (nSPS) is 12.8. The third-order valence-electron chi connectivity index (χ3n) is 10.8. The topological polar surface area (TPSA) is 37.0 Å². The van der Waals surface area contributed by atoms with Crippen molar-refractivity contribution in [1.82, 2.24) is 4.98 Å². The lowest BCUT2D eigenvalue weighted by atomic mass is 9.94. The van der Waals surface area contributed by atoms with Crippen LogP contribution in [0.25, 0.3) is 0 Å². The van der Waals surface area contributed by atoms with Crippen LogP contribution in [-0.2, 0) is 0 Å². The molecule has 0 saturated carbocycles. The van der Waals surface area contributed by atoms with E-state index in [9.17, 15) is 0 Å². The van der Waals surface area contributed by atoms with E-state index in [4.69, 9.17) is 4.98 Å². The van der Waals surface area contributed by atoms with E-state index in [0.29, 0.717) is 0 Å². The number of anilines is 2. The predicted octanol–water partition coefficient (Wildman–Crippen LogP) is 15.7. The summed E-state index contributed by atoms with van der Waals surface area (Å²) in [6, 6.07) is 6.55. The third kappa shape index (κ3) is 28.6. The van der Waals surface area contributed by atoms with Gasteiger partial charge in [0, 0.05) is 13.1 Å². The third-order valence-corrected chi connectivity index (χ3v) is 10.8. The monoisotopic (exact) mass is 670 g/mol. The molecular weight excluding hydrogens is 583 g/mol. The highest BCUT2D eigenvalue weighted by atomic mass is 15.1. The van der Waals surface area contributed by atoms with Crippen molar-refractivity contribution < 1.29 is 0 Å². The van der Waals surface area contributed by atoms with Gasteiger partial charge in [0.2, 0.25) is 0 Å². The SMILES string of the molecule is CCCCCCCCCCC(CCCCCCCC)CNc1cccc(NCC(CCCCCCCC)CCCCCCCCCC)n1. The van der Waals surface area contributed by atoms with Crippen LogP contribution in [0.3, 0.4) is 0 Å². The summed E-state index contributed by atoms with van der Waals surface area (Å²) in [5.41, 5.74) is 0. The van der Waals surface area contributed by atoms with Crippen molar-refractivity contribution in [2.45, 2.75) is 233 Å². The minimum atomic E-state index is 0.767. The van der Waals surface area contributed by atoms with Crippen molar-refractivity contribution in [2.24, 2.45) is 11.8 Å². The lowest BCUT2D eigenvalue weighted by Gasteiger charge is -2.20. The molecule has 0 amide bonds. The summed E-state index contributed by atoms with van der Waals surface area (Å²) >= 11 is 0. The van der Waals surface area contributed by atoms with Gasteiger partial charge >= 0.3 is 0 Å². The molecular formula is C45H87N3. The first-order valence-corrected chi connectivity index (χ1v) is 22.2. The molecule has 2 unspecified atom stereocenters. The first-order valence-electron chi connectivity index (χ1n) is 22.2. The Morgan fingerprint density at radius 2 is 0.625 bits per heavy atom. The van der Waals surface area contributed by atoms with Crippen LogP contribution < -0.4 is 10.6 Å². The van der Waals surface area contributed by atoms with Crippen molar-refractivity contribution in [3.05, 3.63) is 18.2 Å². The van der Waals surface area contributed by atoms with E-state index in [-0.39, 0.29) is 0 Å². The second-order valence-corrected chi connectivity index (χ2v) is 15.5. The molecule has 1 rings (SSSR count). The maximum absolute atomic E-state index is 5.05. The molecule has 1 aromatic rings. The van der Waals surface area contributed by atoms with Gasteiger partial charge in [0.1, 0.15) is 11.6 Å². The van der Waals surface area contributed by atoms with Gasteiger partial charge in [0.25, 0.3) is 0 Å². The molecule has 0 aliphatic heterocycles. The van der Waals surface area contributed by atoms with Gasteiger partial charge in [-0.3, -0.25) is 0 Å². The van der Waals surface area contributed by atoms with Crippen LogP contribution in [0.1, 0.15) is 233 Å². The van der Waals surface area contributed by atoms with Gasteiger partial charge in [-0.15, -0.1) is 0 Å². The lowest BCUT2D eigenvalue weighted by molar-refractivity contribution is 0.417. The standard InChI is InChI=1S/C45H87N3/c1-5-9-13-17-21-23-27-31-36-42(34-29-25-19-15-11-7-3)40-46-44-38-33-39-45(48-44)47-41-43(35-30-26-20-16-12-8-4)37-32-28-24-22-18-14-10-6-2/h33,38-39,42-43H,5-32,34-37,40-41H2,1-4H3,(H2,46,47,48). The van der Waals surface area contributed by atoms with Crippen molar-refractivity contribution in [3.8, 4) is 0 Å². The number of pyridine rings is 1. The molecule has 1 heterocycles. The average molecular weight is 670 g/mol. The molecule has 0 fully saturated rings. The number of hydrogen-bond acceptors (Lipinski definition) is 3. The number of nitrogens with zero attached hydrogens (tertiary/aromatic N) is 1. The summed E-state index contributed by atoms with van der Waals surface area (Å²) in [4.78, 5) is 5.05. The summed E-state index contributed by atoms with van der Waals surface area (Å²) in [5.74, 6) is 3.64. The molecule has 0 saturated heterocycles. The van der Waals surface area contributed by atoms with Crippen molar-refractivity contribution in [3.63, 3.8) is 0 Å². The van der Waals surface area contributed by atoms with Crippen molar-refractivity contribution in [2.75, 3.05) is 23.7 Å². The van der Waals surface area contributed by atoms with Gasteiger partial charge in [-0.05, 0) is 49.7 Å². The Bertz CT molecular complexity index is 705. The number of rotatable bonds is 38. The van der Waals surface area contributed by atoms with Gasteiger partial charge in [-0.1, -0.05) is 214 Å². The molecule has 0 spiro atoms. The van der Waals surface area contributed by atoms with Gasteiger partial charge in [0.15, 0.2) is 0 Å². The molecule has 3 heteroatoms. The number of aromatic nitrogens is 1. The lowest BCUT2D eigenvalue weighted by Crippen LogP contribution is -2.17. The highest BCUT2D eigenvalue weighted by Crippen LogP contribution is 2.23. The molecule has 0 aliphatic rings. The minimum absolute atomic E-state index is 0.767. The summed E-state index contributed by atoms with van der Waals surface area (Å²) < 4.78 is 0. The minimum Gasteiger partial charge on any atom is -0.370 e. The summed E-state index contributed by atoms with van der Waals surface area (Å²) in [6.45, 7) is 11.4. The highest BCUT2D eigenvalue weighted by molar-refractivity contribution is 5.45. The number of nitrogens with one attached hydrogen (secondary N) is 2. The zero-order chi connectivity index (χ0) is 34.6. The van der Waals surface area contributed by atoms with E-state index in [1.807, 2.05) is 0 Å². The van der Waals surface area contributed by atoms with Crippen LogP contribution in [0.5, 0.6) is 0 Å². The van der Waals surface area contributed by atoms with E-state index in [1.165, 1.54) is 205 Å². The summed E-state index contributed by atoms with van der Waals surface area (Å²) in [6.07, 6.45) is 44.8. The molecule has 0 radical (unpaired) electrons. The fourth-order valence-corrected chi connectivity index (χ4v) is 7.39. The van der Waals surface area contributed by atoms with Crippen molar-refractivity contribution in [1.29, 1.82) is 0 Å². The van der Waals surface area contributed by atoms with Crippen LogP contribution in [0.4, 0.5) is 11.6 Å².